The molecule has 4 heteroatoms. The van der Waals surface area contributed by atoms with Gasteiger partial charge in [-0.15, -0.1) is 0 Å². The fourth-order valence-corrected chi connectivity index (χ4v) is 3.65. The largest absolute Gasteiger partial charge is 0.480 e. The van der Waals surface area contributed by atoms with Gasteiger partial charge in [0.2, 0.25) is 0 Å². The predicted molar refractivity (Wildman–Crippen MR) is 64.4 cm³/mol. The number of nitrogens with zero attached hydrogens (tertiary/aromatic N) is 1. The van der Waals surface area contributed by atoms with Crippen molar-refractivity contribution in [1.29, 1.82) is 0 Å². The summed E-state index contributed by atoms with van der Waals surface area (Å²) < 4.78 is 0. The van der Waals surface area contributed by atoms with Crippen LogP contribution in [0.2, 0.25) is 0 Å². The zero-order chi connectivity index (χ0) is 11.5. The Morgan fingerprint density at radius 3 is 2.47 bits per heavy atom. The van der Waals surface area contributed by atoms with E-state index in [0.29, 0.717) is 18.9 Å². The topological polar surface area (TPSA) is 40.5 Å². The van der Waals surface area contributed by atoms with Crippen LogP contribution < -0.4 is 0 Å². The highest BCUT2D eigenvalue weighted by Crippen LogP contribution is 2.31. The molecule has 1 unspecified atom stereocenters. The van der Waals surface area contributed by atoms with Crippen LogP contribution in [0.3, 0.4) is 0 Å². The lowest BCUT2D eigenvalue weighted by Crippen LogP contribution is -2.56. The maximum atomic E-state index is 11.4. The van der Waals surface area contributed by atoms with Gasteiger partial charge in [-0.3, -0.25) is 9.69 Å². The fourth-order valence-electron chi connectivity index (χ4n) is 2.38. The standard InChI is InChI=1S/C11H21NO2S/c1-4-11(5-2,10(13)14)12(3)9-6-7-15-8-9/h9H,4-8H2,1-3H3,(H,13,14). The van der Waals surface area contributed by atoms with Crippen molar-refractivity contribution in [2.24, 2.45) is 0 Å². The third-order valence-corrected chi connectivity index (χ3v) is 4.84. The Bertz CT molecular complexity index is 223. The SMILES string of the molecule is CCC(CC)(C(=O)O)N(C)C1CCSC1. The molecule has 0 aromatic carbocycles. The summed E-state index contributed by atoms with van der Waals surface area (Å²) in [4.78, 5) is 13.5. The second-order valence-electron chi connectivity index (χ2n) is 4.17. The van der Waals surface area contributed by atoms with Gasteiger partial charge in [0.1, 0.15) is 5.54 Å². The van der Waals surface area contributed by atoms with Gasteiger partial charge in [-0.2, -0.15) is 11.8 Å². The number of thioether (sulfide) groups is 1. The third-order valence-electron chi connectivity index (χ3n) is 3.70. The molecular weight excluding hydrogens is 210 g/mol. The van der Waals surface area contributed by atoms with Crippen molar-refractivity contribution in [3.8, 4) is 0 Å². The van der Waals surface area contributed by atoms with Gasteiger partial charge in [0.05, 0.1) is 0 Å². The van der Waals surface area contributed by atoms with Crippen molar-refractivity contribution < 1.29 is 9.90 Å². The first kappa shape index (κ1) is 12.8. The molecule has 88 valence electrons. The van der Waals surface area contributed by atoms with Gasteiger partial charge in [-0.1, -0.05) is 13.8 Å². The second kappa shape index (κ2) is 5.21. The molecular formula is C11H21NO2S. The summed E-state index contributed by atoms with van der Waals surface area (Å²) >= 11 is 1.92. The summed E-state index contributed by atoms with van der Waals surface area (Å²) in [5, 5.41) is 9.41. The van der Waals surface area contributed by atoms with Gasteiger partial charge in [0.15, 0.2) is 0 Å². The molecule has 0 aliphatic carbocycles. The van der Waals surface area contributed by atoms with Gasteiger partial charge < -0.3 is 5.11 Å². The summed E-state index contributed by atoms with van der Waals surface area (Å²) in [6.45, 7) is 3.94. The summed E-state index contributed by atoms with van der Waals surface area (Å²) in [6, 6.07) is 0.436. The first-order valence-corrected chi connectivity index (χ1v) is 6.78. The van der Waals surface area contributed by atoms with E-state index in [4.69, 9.17) is 0 Å². The third kappa shape index (κ3) is 2.31. The van der Waals surface area contributed by atoms with Crippen LogP contribution in [-0.4, -0.2) is 46.1 Å². The molecule has 1 rings (SSSR count). The average molecular weight is 231 g/mol. The Morgan fingerprint density at radius 1 is 1.53 bits per heavy atom. The van der Waals surface area contributed by atoms with Gasteiger partial charge in [-0.05, 0) is 32.1 Å². The minimum Gasteiger partial charge on any atom is -0.480 e. The van der Waals surface area contributed by atoms with Crippen molar-refractivity contribution in [2.45, 2.75) is 44.7 Å². The quantitative estimate of drug-likeness (QED) is 0.786. The number of hydrogen-bond donors (Lipinski definition) is 1. The first-order chi connectivity index (χ1) is 7.08. The Labute approximate surface area is 96.2 Å². The van der Waals surface area contributed by atoms with E-state index in [1.807, 2.05) is 32.7 Å². The second-order valence-corrected chi connectivity index (χ2v) is 5.32. The molecule has 1 fully saturated rings. The van der Waals surface area contributed by atoms with E-state index in [2.05, 4.69) is 4.90 Å². The molecule has 3 nitrogen and oxygen atoms in total. The minimum absolute atomic E-state index is 0.436. The van der Waals surface area contributed by atoms with Crippen LogP contribution >= 0.6 is 11.8 Å². The first-order valence-electron chi connectivity index (χ1n) is 5.62. The van der Waals surface area contributed by atoms with Crippen molar-refractivity contribution >= 4 is 17.7 Å². The zero-order valence-corrected chi connectivity index (χ0v) is 10.6. The maximum absolute atomic E-state index is 11.4. The maximum Gasteiger partial charge on any atom is 0.324 e. The van der Waals surface area contributed by atoms with Crippen LogP contribution in [0.4, 0.5) is 0 Å². The van der Waals surface area contributed by atoms with Crippen LogP contribution in [0.25, 0.3) is 0 Å². The van der Waals surface area contributed by atoms with Crippen LogP contribution in [0.1, 0.15) is 33.1 Å². The molecule has 0 spiro atoms. The highest BCUT2D eigenvalue weighted by Gasteiger charge is 2.42. The summed E-state index contributed by atoms with van der Waals surface area (Å²) in [6.07, 6.45) is 2.48. The number of carboxylic acids is 1. The van der Waals surface area contributed by atoms with E-state index in [1.165, 1.54) is 0 Å². The predicted octanol–water partition coefficient (Wildman–Crippen LogP) is 2.07. The number of likely N-dealkylation sites (N-methyl/N-ethyl adjacent to an activating group) is 1. The van der Waals surface area contributed by atoms with Crippen LogP contribution in [-0.2, 0) is 4.79 Å². The highest BCUT2D eigenvalue weighted by atomic mass is 32.2. The number of carboxylic acid groups (broad SMARTS) is 1. The summed E-state index contributed by atoms with van der Waals surface area (Å²) in [7, 11) is 1.97. The number of hydrogen-bond acceptors (Lipinski definition) is 3. The number of carbonyl (C=O) groups is 1. The van der Waals surface area contributed by atoms with Crippen LogP contribution in [0, 0.1) is 0 Å². The van der Waals surface area contributed by atoms with Crippen LogP contribution in [0.15, 0.2) is 0 Å². The molecule has 1 N–H and O–H groups in total. The van der Waals surface area contributed by atoms with Crippen molar-refractivity contribution in [3.63, 3.8) is 0 Å². The molecule has 1 saturated heterocycles. The van der Waals surface area contributed by atoms with Gasteiger partial charge in [0.25, 0.3) is 0 Å². The van der Waals surface area contributed by atoms with E-state index >= 15 is 0 Å². The van der Waals surface area contributed by atoms with E-state index in [1.54, 1.807) is 0 Å². The number of rotatable bonds is 5. The Balaban J connectivity index is 2.82. The monoisotopic (exact) mass is 231 g/mol. The molecule has 15 heavy (non-hydrogen) atoms. The van der Waals surface area contributed by atoms with Crippen molar-refractivity contribution in [1.82, 2.24) is 4.90 Å². The molecule has 1 aliphatic heterocycles. The Hall–Kier alpha value is -0.220. The summed E-state index contributed by atoms with van der Waals surface area (Å²) in [5.41, 5.74) is -0.657. The molecule has 0 bridgehead atoms. The smallest absolute Gasteiger partial charge is 0.324 e. The van der Waals surface area contributed by atoms with Gasteiger partial charge in [-0.25, -0.2) is 0 Å². The average Bonchev–Trinajstić information content (AvgIpc) is 2.72. The van der Waals surface area contributed by atoms with Crippen molar-refractivity contribution in [3.05, 3.63) is 0 Å². The molecule has 0 aromatic heterocycles. The molecule has 0 saturated carbocycles. The normalized spacial score (nSPS) is 22.3. The molecule has 0 amide bonds. The van der Waals surface area contributed by atoms with E-state index < -0.39 is 11.5 Å². The lowest BCUT2D eigenvalue weighted by atomic mass is 9.89. The van der Waals surface area contributed by atoms with E-state index in [9.17, 15) is 9.90 Å². The Morgan fingerprint density at radius 2 is 2.13 bits per heavy atom. The highest BCUT2D eigenvalue weighted by molar-refractivity contribution is 7.99. The van der Waals surface area contributed by atoms with Crippen molar-refractivity contribution in [2.75, 3.05) is 18.6 Å². The summed E-state index contributed by atoms with van der Waals surface area (Å²) in [5.74, 6) is 1.57. The van der Waals surface area contributed by atoms with Gasteiger partial charge in [0, 0.05) is 11.8 Å². The van der Waals surface area contributed by atoms with E-state index in [0.717, 1.165) is 17.9 Å². The van der Waals surface area contributed by atoms with Gasteiger partial charge >= 0.3 is 5.97 Å². The molecule has 0 radical (unpaired) electrons. The number of aliphatic carboxylic acids is 1. The molecule has 1 atom stereocenters. The zero-order valence-electron chi connectivity index (χ0n) is 9.82. The Kier molecular flexibility index (Phi) is 4.46. The molecule has 1 heterocycles. The fraction of sp³-hybridized carbons (Fsp3) is 0.909. The van der Waals surface area contributed by atoms with Crippen LogP contribution in [0.5, 0.6) is 0 Å². The van der Waals surface area contributed by atoms with E-state index in [-0.39, 0.29) is 0 Å². The lowest BCUT2D eigenvalue weighted by molar-refractivity contribution is -0.152. The molecule has 1 aliphatic rings. The molecule has 0 aromatic rings. The minimum atomic E-state index is -0.674. The lowest BCUT2D eigenvalue weighted by Gasteiger charge is -2.40.